The van der Waals surface area contributed by atoms with Gasteiger partial charge in [0.25, 0.3) is 5.91 Å². The summed E-state index contributed by atoms with van der Waals surface area (Å²) in [5.41, 5.74) is 4.98. The Bertz CT molecular complexity index is 1170. The van der Waals surface area contributed by atoms with Crippen LogP contribution in [-0.2, 0) is 16.0 Å². The smallest absolute Gasteiger partial charge is 0.408 e. The van der Waals surface area contributed by atoms with Gasteiger partial charge in [0.1, 0.15) is 28.6 Å². The van der Waals surface area contributed by atoms with Gasteiger partial charge in [-0.2, -0.15) is 0 Å². The Balaban J connectivity index is 1.52. The highest BCUT2D eigenvalue weighted by molar-refractivity contribution is 5.85. The second-order valence-electron chi connectivity index (χ2n) is 10.8. The van der Waals surface area contributed by atoms with E-state index in [1.54, 1.807) is 33.8 Å². The zero-order valence-electron chi connectivity index (χ0n) is 21.5. The topological polar surface area (TPSA) is 102 Å². The average molecular weight is 484 g/mol. The van der Waals surface area contributed by atoms with E-state index >= 15 is 0 Å². The van der Waals surface area contributed by atoms with Gasteiger partial charge in [0.2, 0.25) is 5.55 Å². The van der Waals surface area contributed by atoms with Gasteiger partial charge in [0, 0.05) is 17.5 Å². The van der Waals surface area contributed by atoms with E-state index in [2.05, 4.69) is 21.9 Å². The molecule has 2 N–H and O–H groups in total. The Morgan fingerprint density at radius 2 is 1.89 bits per heavy atom. The van der Waals surface area contributed by atoms with Crippen molar-refractivity contribution in [2.45, 2.75) is 103 Å². The Morgan fingerprint density at radius 1 is 1.14 bits per heavy atom. The maximum atomic E-state index is 12.6. The standard InChI is InChI=1S/C27H37N3O5/c1-6-20(28-25(32)35-26(3,4)5)24(31)30-29-23-14-17(2)19-15-18-10-13-27(11-8-7-9-12-27)34-21(18)16-22(19)33-23/h14-16,20H,6-13H2,1-5H3,(H,28,32)(H,30,31)/b29-23+/t20-/m0/s1. The van der Waals surface area contributed by atoms with Gasteiger partial charge in [-0.15, -0.1) is 5.10 Å². The molecule has 2 aromatic rings. The van der Waals surface area contributed by atoms with Gasteiger partial charge in [-0.05, 0) is 89.8 Å². The van der Waals surface area contributed by atoms with Crippen molar-refractivity contribution in [3.8, 4) is 5.75 Å². The molecule has 1 aliphatic heterocycles. The highest BCUT2D eigenvalue weighted by atomic mass is 16.6. The van der Waals surface area contributed by atoms with Crippen molar-refractivity contribution in [2.75, 3.05) is 0 Å². The van der Waals surface area contributed by atoms with Crippen LogP contribution in [0.15, 0.2) is 27.7 Å². The zero-order chi connectivity index (χ0) is 25.2. The van der Waals surface area contributed by atoms with Crippen LogP contribution in [0.4, 0.5) is 4.79 Å². The lowest BCUT2D eigenvalue weighted by Crippen LogP contribution is -2.47. The molecule has 190 valence electrons. The number of rotatable bonds is 4. The fourth-order valence-electron chi connectivity index (χ4n) is 4.94. The SMILES string of the molecule is CC[C@H](NC(=O)OC(C)(C)C)C(=O)N/N=c1\cc(C)c2cc3c(cc2o1)OC1(CCCCC1)CC3. The Kier molecular flexibility index (Phi) is 7.10. The molecule has 1 aromatic heterocycles. The normalized spacial score (nSPS) is 18.5. The van der Waals surface area contributed by atoms with Crippen LogP contribution in [0.25, 0.3) is 11.0 Å². The minimum Gasteiger partial charge on any atom is -0.487 e. The number of ether oxygens (including phenoxy) is 2. The average Bonchev–Trinajstić information content (AvgIpc) is 2.79. The van der Waals surface area contributed by atoms with E-state index in [9.17, 15) is 9.59 Å². The quantitative estimate of drug-likeness (QED) is 0.596. The Labute approximate surface area is 206 Å². The molecule has 2 amide bonds. The summed E-state index contributed by atoms with van der Waals surface area (Å²) in [6.07, 6.45) is 7.76. The fourth-order valence-corrected chi connectivity index (χ4v) is 4.94. The minimum atomic E-state index is -0.776. The lowest BCUT2D eigenvalue weighted by Gasteiger charge is -2.41. The summed E-state index contributed by atoms with van der Waals surface area (Å²) >= 11 is 0. The van der Waals surface area contributed by atoms with Gasteiger partial charge in [0.15, 0.2) is 0 Å². The molecule has 0 unspecified atom stereocenters. The first-order valence-electron chi connectivity index (χ1n) is 12.7. The van der Waals surface area contributed by atoms with Crippen LogP contribution in [0, 0.1) is 6.92 Å². The number of nitrogens with one attached hydrogen (secondary N) is 2. The lowest BCUT2D eigenvalue weighted by atomic mass is 9.79. The summed E-state index contributed by atoms with van der Waals surface area (Å²) in [6, 6.07) is 5.14. The van der Waals surface area contributed by atoms with Gasteiger partial charge < -0.3 is 19.2 Å². The first-order chi connectivity index (χ1) is 16.6. The second-order valence-corrected chi connectivity index (χ2v) is 10.8. The second kappa shape index (κ2) is 9.91. The van der Waals surface area contributed by atoms with Gasteiger partial charge in [0.05, 0.1) is 0 Å². The molecule has 1 aliphatic carbocycles. The maximum Gasteiger partial charge on any atom is 0.408 e. The molecular formula is C27H37N3O5. The highest BCUT2D eigenvalue weighted by Gasteiger charge is 2.37. The molecule has 0 bridgehead atoms. The van der Waals surface area contributed by atoms with E-state index in [0.717, 1.165) is 42.4 Å². The summed E-state index contributed by atoms with van der Waals surface area (Å²) in [6.45, 7) is 9.10. The molecule has 1 aromatic carbocycles. The van der Waals surface area contributed by atoms with Crippen molar-refractivity contribution in [1.82, 2.24) is 10.7 Å². The summed E-state index contributed by atoms with van der Waals surface area (Å²) in [7, 11) is 0. The summed E-state index contributed by atoms with van der Waals surface area (Å²) in [5.74, 6) is 0.446. The molecule has 1 fully saturated rings. The third-order valence-electron chi connectivity index (χ3n) is 6.78. The number of alkyl carbamates (subject to hydrolysis) is 1. The number of nitrogens with zero attached hydrogens (tertiary/aromatic N) is 1. The molecule has 35 heavy (non-hydrogen) atoms. The van der Waals surface area contributed by atoms with Crippen LogP contribution in [0.1, 0.15) is 83.8 Å². The molecule has 1 saturated carbocycles. The molecule has 1 spiro atoms. The zero-order valence-corrected chi connectivity index (χ0v) is 21.5. The van der Waals surface area contributed by atoms with Gasteiger partial charge >= 0.3 is 6.09 Å². The number of carbonyl (C=O) groups is 2. The van der Waals surface area contributed by atoms with Crippen molar-refractivity contribution in [2.24, 2.45) is 5.10 Å². The molecule has 4 rings (SSSR count). The van der Waals surface area contributed by atoms with E-state index in [0.29, 0.717) is 12.0 Å². The van der Waals surface area contributed by atoms with Gasteiger partial charge in [-0.25, -0.2) is 10.2 Å². The molecule has 8 nitrogen and oxygen atoms in total. The summed E-state index contributed by atoms with van der Waals surface area (Å²) < 4.78 is 17.8. The predicted molar refractivity (Wildman–Crippen MR) is 133 cm³/mol. The van der Waals surface area contributed by atoms with E-state index in [1.165, 1.54) is 24.8 Å². The van der Waals surface area contributed by atoms with Crippen LogP contribution < -0.4 is 21.0 Å². The van der Waals surface area contributed by atoms with E-state index < -0.39 is 23.6 Å². The number of amides is 2. The van der Waals surface area contributed by atoms with Crippen molar-refractivity contribution in [3.05, 3.63) is 34.9 Å². The number of aryl methyl sites for hydroxylation is 2. The third-order valence-corrected chi connectivity index (χ3v) is 6.78. The number of benzene rings is 1. The monoisotopic (exact) mass is 483 g/mol. The van der Waals surface area contributed by atoms with Crippen molar-refractivity contribution in [1.29, 1.82) is 0 Å². The third kappa shape index (κ3) is 5.97. The van der Waals surface area contributed by atoms with E-state index in [4.69, 9.17) is 13.9 Å². The van der Waals surface area contributed by atoms with E-state index in [-0.39, 0.29) is 11.2 Å². The van der Waals surface area contributed by atoms with Crippen molar-refractivity contribution < 1.29 is 23.5 Å². The fraction of sp³-hybridized carbons (Fsp3) is 0.593. The Morgan fingerprint density at radius 3 is 2.57 bits per heavy atom. The van der Waals surface area contributed by atoms with Crippen LogP contribution in [0.5, 0.6) is 5.75 Å². The molecule has 2 aliphatic rings. The van der Waals surface area contributed by atoms with Crippen LogP contribution in [0.2, 0.25) is 0 Å². The predicted octanol–water partition coefficient (Wildman–Crippen LogP) is 5.00. The lowest BCUT2D eigenvalue weighted by molar-refractivity contribution is -0.123. The van der Waals surface area contributed by atoms with Gasteiger partial charge in [-0.3, -0.25) is 4.79 Å². The van der Waals surface area contributed by atoms with Crippen molar-refractivity contribution in [3.63, 3.8) is 0 Å². The van der Waals surface area contributed by atoms with Crippen molar-refractivity contribution >= 4 is 23.0 Å². The largest absolute Gasteiger partial charge is 0.487 e. The van der Waals surface area contributed by atoms with Gasteiger partial charge in [-0.1, -0.05) is 13.3 Å². The molecule has 0 saturated heterocycles. The molecule has 8 heteroatoms. The first kappa shape index (κ1) is 25.1. The highest BCUT2D eigenvalue weighted by Crippen LogP contribution is 2.43. The van der Waals surface area contributed by atoms with Crippen LogP contribution in [-0.4, -0.2) is 29.2 Å². The number of carbonyl (C=O) groups excluding carboxylic acids is 2. The van der Waals surface area contributed by atoms with E-state index in [1.807, 2.05) is 13.0 Å². The minimum absolute atomic E-state index is 0.0414. The first-order valence-corrected chi connectivity index (χ1v) is 12.7. The molecule has 2 heterocycles. The number of fused-ring (bicyclic) bond motifs is 2. The molecule has 0 radical (unpaired) electrons. The van der Waals surface area contributed by atoms with Crippen LogP contribution in [0.3, 0.4) is 0 Å². The summed E-state index contributed by atoms with van der Waals surface area (Å²) in [4.78, 5) is 24.7. The summed E-state index contributed by atoms with van der Waals surface area (Å²) in [5, 5.41) is 7.76. The molecule has 1 atom stereocenters. The molecular weight excluding hydrogens is 446 g/mol. The Hall–Kier alpha value is -3.03. The maximum absolute atomic E-state index is 12.6. The number of hydrogen-bond acceptors (Lipinski definition) is 6. The number of hydrogen-bond donors (Lipinski definition) is 2. The van der Waals surface area contributed by atoms with Crippen LogP contribution >= 0.6 is 0 Å².